The van der Waals surface area contributed by atoms with Crippen molar-refractivity contribution in [1.29, 1.82) is 0 Å². The Kier molecular flexibility index (Phi) is 6.29. The lowest BCUT2D eigenvalue weighted by Crippen LogP contribution is -2.13. The average Bonchev–Trinajstić information content (AvgIpc) is 2.75. The maximum Gasteiger partial charge on any atom is 0.329 e. The summed E-state index contributed by atoms with van der Waals surface area (Å²) in [4.78, 5) is 12.0. The zero-order valence-corrected chi connectivity index (χ0v) is 16.4. The lowest BCUT2D eigenvalue weighted by atomic mass is 9.97. The van der Waals surface area contributed by atoms with Crippen molar-refractivity contribution in [2.75, 3.05) is 0 Å². The molecule has 0 saturated heterocycles. The highest BCUT2D eigenvalue weighted by atomic mass is 35.5. The number of hydrogen-bond acceptors (Lipinski definition) is 4. The first kappa shape index (κ1) is 19.9. The van der Waals surface area contributed by atoms with Crippen LogP contribution in [0.2, 0.25) is 0 Å². The molecule has 0 fully saturated rings. The Bertz CT molecular complexity index is 1040. The van der Waals surface area contributed by atoms with Gasteiger partial charge in [-0.15, -0.1) is 0 Å². The lowest BCUT2D eigenvalue weighted by molar-refractivity contribution is -0.133. The van der Waals surface area contributed by atoms with E-state index in [1.165, 1.54) is 12.1 Å². The monoisotopic (exact) mass is 412 g/mol. The Labute approximate surface area is 169 Å². The van der Waals surface area contributed by atoms with E-state index in [2.05, 4.69) is 4.29 Å². The number of hydrogen-bond donors (Lipinski definition) is 0. The summed E-state index contributed by atoms with van der Waals surface area (Å²) in [7, 11) is -3.98. The SMILES string of the molecule is O=C(CC(=C(c1ccccc1)c1ccccc1)S(=O)(=O)c1ccccc1)OCl. The molecule has 4 nitrogen and oxygen atoms in total. The average molecular weight is 413 g/mol. The van der Waals surface area contributed by atoms with Crippen molar-refractivity contribution in [3.05, 3.63) is 107 Å². The maximum atomic E-state index is 13.5. The molecule has 0 saturated carbocycles. The molecule has 6 heteroatoms. The van der Waals surface area contributed by atoms with Gasteiger partial charge in [0, 0.05) is 5.57 Å². The molecule has 0 radical (unpaired) electrons. The number of rotatable bonds is 6. The first-order valence-electron chi connectivity index (χ1n) is 8.49. The molecule has 3 aromatic rings. The molecule has 28 heavy (non-hydrogen) atoms. The zero-order valence-electron chi connectivity index (χ0n) is 14.8. The molecule has 3 rings (SSSR count). The van der Waals surface area contributed by atoms with E-state index in [9.17, 15) is 13.2 Å². The fraction of sp³-hybridized carbons (Fsp3) is 0.0455. The second-order valence-corrected chi connectivity index (χ2v) is 8.10. The molecule has 0 unspecified atom stereocenters. The van der Waals surface area contributed by atoms with Gasteiger partial charge < -0.3 is 4.29 Å². The van der Waals surface area contributed by atoms with Crippen LogP contribution >= 0.6 is 11.9 Å². The van der Waals surface area contributed by atoms with E-state index in [0.29, 0.717) is 16.7 Å². The normalized spacial score (nSPS) is 10.9. The van der Waals surface area contributed by atoms with Crippen LogP contribution in [0.3, 0.4) is 0 Å². The number of carbonyl (C=O) groups excluding carboxylic acids is 1. The second kappa shape index (κ2) is 8.87. The summed E-state index contributed by atoms with van der Waals surface area (Å²) in [5.74, 6) is -0.847. The lowest BCUT2D eigenvalue weighted by Gasteiger charge is -2.16. The van der Waals surface area contributed by atoms with Crippen LogP contribution in [0.25, 0.3) is 5.57 Å². The van der Waals surface area contributed by atoms with Crippen molar-refractivity contribution >= 4 is 33.2 Å². The van der Waals surface area contributed by atoms with Crippen LogP contribution in [0.1, 0.15) is 17.5 Å². The topological polar surface area (TPSA) is 60.4 Å². The highest BCUT2D eigenvalue weighted by molar-refractivity contribution is 7.95. The summed E-state index contributed by atoms with van der Waals surface area (Å²) in [6.07, 6.45) is -0.486. The molecule has 0 aliphatic rings. The van der Waals surface area contributed by atoms with E-state index in [1.807, 2.05) is 36.4 Å². The van der Waals surface area contributed by atoms with Crippen LogP contribution < -0.4 is 0 Å². The Morgan fingerprint density at radius 1 is 0.750 bits per heavy atom. The van der Waals surface area contributed by atoms with E-state index < -0.39 is 22.2 Å². The van der Waals surface area contributed by atoms with Gasteiger partial charge >= 0.3 is 5.97 Å². The fourth-order valence-corrected chi connectivity index (χ4v) is 4.58. The summed E-state index contributed by atoms with van der Waals surface area (Å²) >= 11 is 5.22. The van der Waals surface area contributed by atoms with Crippen LogP contribution in [0, 0.1) is 0 Å². The first-order valence-corrected chi connectivity index (χ1v) is 10.3. The van der Waals surface area contributed by atoms with E-state index in [1.54, 1.807) is 42.5 Å². The largest absolute Gasteiger partial charge is 0.347 e. The van der Waals surface area contributed by atoms with Crippen molar-refractivity contribution in [3.8, 4) is 0 Å². The standard InChI is InChI=1S/C22H17ClO4S/c23-27-21(24)16-20(28(25,26)19-14-8-3-9-15-19)22(17-10-4-1-5-11-17)18-12-6-2-7-13-18/h1-15H,16H2. The van der Waals surface area contributed by atoms with Crippen molar-refractivity contribution in [2.45, 2.75) is 11.3 Å². The van der Waals surface area contributed by atoms with E-state index >= 15 is 0 Å². The molecule has 0 bridgehead atoms. The quantitative estimate of drug-likeness (QED) is 0.571. The number of benzene rings is 3. The molecule has 0 aliphatic carbocycles. The third-order valence-electron chi connectivity index (χ3n) is 4.17. The van der Waals surface area contributed by atoms with Crippen molar-refractivity contribution < 1.29 is 17.5 Å². The molecule has 142 valence electrons. The van der Waals surface area contributed by atoms with Crippen LogP contribution in [-0.2, 0) is 18.9 Å². The Morgan fingerprint density at radius 3 is 1.61 bits per heavy atom. The number of carbonyl (C=O) groups is 1. The molecule has 0 heterocycles. The van der Waals surface area contributed by atoms with Gasteiger partial charge in [0.15, 0.2) is 0 Å². The Morgan fingerprint density at radius 2 is 1.18 bits per heavy atom. The third kappa shape index (κ3) is 4.32. The molecule has 0 amide bonds. The minimum atomic E-state index is -3.98. The minimum Gasteiger partial charge on any atom is -0.347 e. The number of halogens is 1. The zero-order chi connectivity index (χ0) is 20.0. The third-order valence-corrected chi connectivity index (χ3v) is 6.23. The number of sulfone groups is 1. The first-order chi connectivity index (χ1) is 13.5. The molecule has 3 aromatic carbocycles. The van der Waals surface area contributed by atoms with Gasteiger partial charge in [0.1, 0.15) is 11.9 Å². The predicted molar refractivity (Wildman–Crippen MR) is 109 cm³/mol. The van der Waals surface area contributed by atoms with Gasteiger partial charge in [-0.25, -0.2) is 8.42 Å². The summed E-state index contributed by atoms with van der Waals surface area (Å²) in [6.45, 7) is 0. The van der Waals surface area contributed by atoms with Gasteiger partial charge in [-0.3, -0.25) is 4.79 Å². The smallest absolute Gasteiger partial charge is 0.329 e. The van der Waals surface area contributed by atoms with Gasteiger partial charge in [0.05, 0.1) is 16.2 Å². The van der Waals surface area contributed by atoms with Crippen molar-refractivity contribution in [1.82, 2.24) is 0 Å². The van der Waals surface area contributed by atoms with Gasteiger partial charge in [0.2, 0.25) is 9.84 Å². The van der Waals surface area contributed by atoms with E-state index in [0.717, 1.165) is 0 Å². The summed E-state index contributed by atoms with van der Waals surface area (Å²) < 4.78 is 31.2. The highest BCUT2D eigenvalue weighted by Gasteiger charge is 2.28. The van der Waals surface area contributed by atoms with Crippen LogP contribution in [0.4, 0.5) is 0 Å². The van der Waals surface area contributed by atoms with Crippen LogP contribution in [0.15, 0.2) is 101 Å². The molecule has 0 N–H and O–H groups in total. The van der Waals surface area contributed by atoms with Gasteiger partial charge in [0.25, 0.3) is 0 Å². The van der Waals surface area contributed by atoms with E-state index in [4.69, 9.17) is 11.9 Å². The second-order valence-electron chi connectivity index (χ2n) is 5.97. The molecule has 0 atom stereocenters. The van der Waals surface area contributed by atoms with Gasteiger partial charge in [-0.2, -0.15) is 0 Å². The molecular formula is C22H17ClO4S. The molecule has 0 aromatic heterocycles. The molecular weight excluding hydrogens is 396 g/mol. The molecule has 0 spiro atoms. The Hall–Kier alpha value is -2.89. The predicted octanol–water partition coefficient (Wildman–Crippen LogP) is 5.01. The maximum absolute atomic E-state index is 13.5. The minimum absolute atomic E-state index is 0.0678. The molecule has 0 aliphatic heterocycles. The van der Waals surface area contributed by atoms with Gasteiger partial charge in [-0.05, 0) is 23.3 Å². The highest BCUT2D eigenvalue weighted by Crippen LogP contribution is 2.34. The summed E-state index contributed by atoms with van der Waals surface area (Å²) in [5.41, 5.74) is 1.78. The van der Waals surface area contributed by atoms with Crippen LogP contribution in [0.5, 0.6) is 0 Å². The summed E-state index contributed by atoms with van der Waals surface area (Å²) in [6, 6.07) is 26.1. The van der Waals surface area contributed by atoms with Crippen LogP contribution in [-0.4, -0.2) is 14.4 Å². The Balaban J connectivity index is 2.36. The summed E-state index contributed by atoms with van der Waals surface area (Å²) in [5, 5.41) is 0. The van der Waals surface area contributed by atoms with E-state index in [-0.39, 0.29) is 9.80 Å². The van der Waals surface area contributed by atoms with Crippen molar-refractivity contribution in [3.63, 3.8) is 0 Å². The van der Waals surface area contributed by atoms with Crippen molar-refractivity contribution in [2.24, 2.45) is 0 Å². The van der Waals surface area contributed by atoms with Gasteiger partial charge in [-0.1, -0.05) is 78.9 Å². The fourth-order valence-electron chi connectivity index (χ4n) is 2.92.